The van der Waals surface area contributed by atoms with Gasteiger partial charge in [-0.3, -0.25) is 0 Å². The lowest BCUT2D eigenvalue weighted by Gasteiger charge is -2.27. The van der Waals surface area contributed by atoms with Crippen LogP contribution in [0.5, 0.6) is 0 Å². The van der Waals surface area contributed by atoms with Crippen LogP contribution in [0, 0.1) is 11.8 Å². The Bertz CT molecular complexity index is 428. The van der Waals surface area contributed by atoms with Crippen molar-refractivity contribution < 1.29 is 14.4 Å². The molecule has 2 atom stereocenters. The molecule has 0 aromatic rings. The van der Waals surface area contributed by atoms with E-state index in [9.17, 15) is 14.4 Å². The molecule has 0 saturated carbocycles. The van der Waals surface area contributed by atoms with Gasteiger partial charge in [0.2, 0.25) is 0 Å². The molecule has 0 radical (unpaired) electrons. The molecule has 138 valence electrons. The SMILES string of the molecule is CC(C)CNC(=O)N[C@@H]1[C@@H](NC(=O)NCC(C)C)N(C)C(=O)N1C. The lowest BCUT2D eigenvalue weighted by atomic mass is 10.2. The maximum absolute atomic E-state index is 12.1. The second-order valence-corrected chi connectivity index (χ2v) is 6.89. The molecule has 1 saturated heterocycles. The first-order valence-electron chi connectivity index (χ1n) is 8.21. The van der Waals surface area contributed by atoms with E-state index in [1.54, 1.807) is 14.1 Å². The van der Waals surface area contributed by atoms with Crippen molar-refractivity contribution in [2.24, 2.45) is 11.8 Å². The van der Waals surface area contributed by atoms with Gasteiger partial charge in [-0.2, -0.15) is 0 Å². The first-order chi connectivity index (χ1) is 11.1. The van der Waals surface area contributed by atoms with E-state index >= 15 is 0 Å². The smallest absolute Gasteiger partial charge is 0.323 e. The third-order valence-corrected chi connectivity index (χ3v) is 3.64. The summed E-state index contributed by atoms with van der Waals surface area (Å²) in [7, 11) is 3.17. The fraction of sp³-hybridized carbons (Fsp3) is 0.800. The fourth-order valence-corrected chi connectivity index (χ4v) is 2.23. The number of nitrogens with one attached hydrogen (secondary N) is 4. The van der Waals surface area contributed by atoms with Gasteiger partial charge in [-0.15, -0.1) is 0 Å². The van der Waals surface area contributed by atoms with Crippen LogP contribution in [0.15, 0.2) is 0 Å². The van der Waals surface area contributed by atoms with Crippen LogP contribution < -0.4 is 21.3 Å². The molecule has 0 bridgehead atoms. The van der Waals surface area contributed by atoms with E-state index in [2.05, 4.69) is 21.3 Å². The lowest BCUT2D eigenvalue weighted by molar-refractivity contribution is 0.193. The van der Waals surface area contributed by atoms with Gasteiger partial charge in [-0.25, -0.2) is 14.4 Å². The van der Waals surface area contributed by atoms with Crippen molar-refractivity contribution in [2.75, 3.05) is 27.2 Å². The van der Waals surface area contributed by atoms with Crippen molar-refractivity contribution >= 4 is 18.1 Å². The van der Waals surface area contributed by atoms with E-state index < -0.39 is 12.3 Å². The molecule has 0 aromatic heterocycles. The Morgan fingerprint density at radius 2 is 1.21 bits per heavy atom. The van der Waals surface area contributed by atoms with Crippen LogP contribution in [0.25, 0.3) is 0 Å². The maximum atomic E-state index is 12.1. The molecule has 24 heavy (non-hydrogen) atoms. The van der Waals surface area contributed by atoms with Crippen LogP contribution in [0.3, 0.4) is 0 Å². The zero-order valence-corrected chi connectivity index (χ0v) is 15.3. The Labute approximate surface area is 143 Å². The molecule has 1 aliphatic heterocycles. The lowest BCUT2D eigenvalue weighted by Crippen LogP contribution is -2.59. The largest absolute Gasteiger partial charge is 0.338 e. The summed E-state index contributed by atoms with van der Waals surface area (Å²) in [6.45, 7) is 9.01. The zero-order chi connectivity index (χ0) is 18.4. The van der Waals surface area contributed by atoms with Gasteiger partial charge in [0.25, 0.3) is 0 Å². The molecular formula is C15H30N6O3. The predicted molar refractivity (Wildman–Crippen MR) is 91.2 cm³/mol. The average Bonchev–Trinajstić information content (AvgIpc) is 2.69. The van der Waals surface area contributed by atoms with Crippen LogP contribution in [0.1, 0.15) is 27.7 Å². The molecule has 1 heterocycles. The van der Waals surface area contributed by atoms with E-state index in [1.807, 2.05) is 27.7 Å². The van der Waals surface area contributed by atoms with Gasteiger partial charge in [-0.05, 0) is 11.8 Å². The van der Waals surface area contributed by atoms with Gasteiger partial charge in [0.05, 0.1) is 0 Å². The van der Waals surface area contributed by atoms with Gasteiger partial charge in [0.1, 0.15) is 12.3 Å². The summed E-state index contributed by atoms with van der Waals surface area (Å²) >= 11 is 0. The number of likely N-dealkylation sites (N-methyl/N-ethyl adjacent to an activating group) is 2. The highest BCUT2D eigenvalue weighted by molar-refractivity contribution is 5.82. The summed E-state index contributed by atoms with van der Waals surface area (Å²) in [4.78, 5) is 38.9. The Hall–Kier alpha value is -2.19. The number of urea groups is 3. The fourth-order valence-electron chi connectivity index (χ4n) is 2.23. The Kier molecular flexibility index (Phi) is 7.12. The minimum Gasteiger partial charge on any atom is -0.338 e. The number of rotatable bonds is 6. The molecule has 1 aliphatic rings. The first kappa shape index (κ1) is 19.9. The second-order valence-electron chi connectivity index (χ2n) is 6.89. The number of hydrogen-bond donors (Lipinski definition) is 4. The van der Waals surface area contributed by atoms with E-state index in [0.717, 1.165) is 0 Å². The molecule has 0 aliphatic carbocycles. The number of carbonyl (C=O) groups is 3. The van der Waals surface area contributed by atoms with Crippen molar-refractivity contribution in [3.8, 4) is 0 Å². The van der Waals surface area contributed by atoms with Crippen molar-refractivity contribution in [3.05, 3.63) is 0 Å². The molecule has 1 rings (SSSR count). The standard InChI is InChI=1S/C15H30N6O3/c1-9(2)7-16-13(22)18-11-12(21(6)15(24)20(11)5)19-14(23)17-8-10(3)4/h9-12H,7-8H2,1-6H3,(H2,16,18,22)(H2,17,19,23)/t11-,12-/m0/s1. The van der Waals surface area contributed by atoms with Gasteiger partial charge in [-0.1, -0.05) is 27.7 Å². The van der Waals surface area contributed by atoms with E-state index in [0.29, 0.717) is 24.9 Å². The van der Waals surface area contributed by atoms with Gasteiger partial charge >= 0.3 is 18.1 Å². The molecule has 9 heteroatoms. The topological polar surface area (TPSA) is 106 Å². The van der Waals surface area contributed by atoms with E-state index in [-0.39, 0.29) is 18.1 Å². The predicted octanol–water partition coefficient (Wildman–Crippen LogP) is 0.546. The number of nitrogens with zero attached hydrogens (tertiary/aromatic N) is 2. The van der Waals surface area contributed by atoms with Crippen LogP contribution in [-0.2, 0) is 0 Å². The molecule has 0 spiro atoms. The van der Waals surface area contributed by atoms with Crippen molar-refractivity contribution in [1.82, 2.24) is 31.1 Å². The number of carbonyl (C=O) groups excluding carboxylic acids is 3. The summed E-state index contributed by atoms with van der Waals surface area (Å²) in [5, 5.41) is 10.9. The monoisotopic (exact) mass is 342 g/mol. The summed E-state index contributed by atoms with van der Waals surface area (Å²) < 4.78 is 0. The zero-order valence-electron chi connectivity index (χ0n) is 15.3. The Morgan fingerprint density at radius 1 is 0.875 bits per heavy atom. The van der Waals surface area contributed by atoms with E-state index in [1.165, 1.54) is 9.80 Å². The van der Waals surface area contributed by atoms with Crippen molar-refractivity contribution in [3.63, 3.8) is 0 Å². The maximum Gasteiger partial charge on any atom is 0.323 e. The minimum atomic E-state index is -0.653. The highest BCUT2D eigenvalue weighted by Crippen LogP contribution is 2.16. The summed E-state index contributed by atoms with van der Waals surface area (Å²) in [6.07, 6.45) is -1.31. The third-order valence-electron chi connectivity index (χ3n) is 3.64. The van der Waals surface area contributed by atoms with Gasteiger partial charge in [0, 0.05) is 27.2 Å². The molecule has 0 unspecified atom stereocenters. The molecule has 4 N–H and O–H groups in total. The van der Waals surface area contributed by atoms with Gasteiger partial charge < -0.3 is 31.1 Å². The van der Waals surface area contributed by atoms with Crippen LogP contribution in [0.4, 0.5) is 14.4 Å². The molecule has 1 fully saturated rings. The molecule has 0 aromatic carbocycles. The van der Waals surface area contributed by atoms with Crippen LogP contribution in [-0.4, -0.2) is 67.4 Å². The van der Waals surface area contributed by atoms with Crippen molar-refractivity contribution in [2.45, 2.75) is 40.0 Å². The highest BCUT2D eigenvalue weighted by Gasteiger charge is 2.43. The number of amides is 6. The second kappa shape index (κ2) is 8.60. The first-order valence-corrected chi connectivity index (χ1v) is 8.21. The Morgan fingerprint density at radius 3 is 1.50 bits per heavy atom. The van der Waals surface area contributed by atoms with Crippen molar-refractivity contribution in [1.29, 1.82) is 0 Å². The Balaban J connectivity index is 2.69. The minimum absolute atomic E-state index is 0.279. The summed E-state index contributed by atoms with van der Waals surface area (Å²) in [5.41, 5.74) is 0. The van der Waals surface area contributed by atoms with Gasteiger partial charge in [0.15, 0.2) is 0 Å². The van der Waals surface area contributed by atoms with E-state index in [4.69, 9.17) is 0 Å². The number of hydrogen-bond acceptors (Lipinski definition) is 3. The normalized spacial score (nSPS) is 20.6. The van der Waals surface area contributed by atoms with Crippen LogP contribution >= 0.6 is 0 Å². The van der Waals surface area contributed by atoms with Crippen LogP contribution in [0.2, 0.25) is 0 Å². The third kappa shape index (κ3) is 5.47. The quantitative estimate of drug-likeness (QED) is 0.566. The molecular weight excluding hydrogens is 312 g/mol. The molecule has 9 nitrogen and oxygen atoms in total. The highest BCUT2D eigenvalue weighted by atomic mass is 16.2. The summed E-state index contributed by atoms with van der Waals surface area (Å²) in [5.74, 6) is 0.634. The average molecular weight is 342 g/mol. The molecule has 6 amide bonds. The summed E-state index contributed by atoms with van der Waals surface area (Å²) in [6, 6.07) is -1.03.